The van der Waals surface area contributed by atoms with E-state index in [1.807, 2.05) is 12.1 Å². The summed E-state index contributed by atoms with van der Waals surface area (Å²) >= 11 is 3.49. The van der Waals surface area contributed by atoms with Gasteiger partial charge in [0.25, 0.3) is 0 Å². The fourth-order valence-corrected chi connectivity index (χ4v) is 3.83. The fourth-order valence-electron chi connectivity index (χ4n) is 3.40. The maximum atomic E-state index is 12.7. The number of nitriles is 1. The molecular formula is C20H19BrN4O3. The Morgan fingerprint density at radius 2 is 1.93 bits per heavy atom. The number of nitrogens with one attached hydrogen (secondary N) is 1. The highest BCUT2D eigenvalue weighted by Crippen LogP contribution is 2.38. The van der Waals surface area contributed by atoms with Gasteiger partial charge in [0.1, 0.15) is 25.1 Å². The zero-order valence-corrected chi connectivity index (χ0v) is 16.7. The average molecular weight is 443 g/mol. The second kappa shape index (κ2) is 8.07. The summed E-state index contributed by atoms with van der Waals surface area (Å²) in [4.78, 5) is 19.2. The number of benzene rings is 1. The second-order valence-corrected chi connectivity index (χ2v) is 7.60. The Morgan fingerprint density at radius 1 is 1.21 bits per heavy atom. The molecule has 0 aliphatic carbocycles. The number of carbonyl (C=O) groups excluding carboxylic acids is 1. The largest absolute Gasteiger partial charge is 0.486 e. The molecule has 2 aromatic rings. The quantitative estimate of drug-likeness (QED) is 0.783. The van der Waals surface area contributed by atoms with Gasteiger partial charge in [-0.05, 0) is 40.9 Å². The summed E-state index contributed by atoms with van der Waals surface area (Å²) in [5, 5.41) is 11.9. The first kappa shape index (κ1) is 18.6. The van der Waals surface area contributed by atoms with E-state index in [-0.39, 0.29) is 11.8 Å². The molecule has 0 saturated carbocycles. The minimum absolute atomic E-state index is 0.00446. The predicted molar refractivity (Wildman–Crippen MR) is 108 cm³/mol. The van der Waals surface area contributed by atoms with Crippen molar-refractivity contribution in [3.8, 4) is 17.6 Å². The summed E-state index contributed by atoms with van der Waals surface area (Å²) in [6, 6.07) is 9.31. The highest BCUT2D eigenvalue weighted by atomic mass is 79.9. The van der Waals surface area contributed by atoms with Gasteiger partial charge in [-0.15, -0.1) is 0 Å². The summed E-state index contributed by atoms with van der Waals surface area (Å²) in [7, 11) is 0. The predicted octanol–water partition coefficient (Wildman–Crippen LogP) is 3.34. The van der Waals surface area contributed by atoms with Gasteiger partial charge in [0.2, 0.25) is 5.91 Å². The van der Waals surface area contributed by atoms with Crippen LogP contribution in [0.2, 0.25) is 0 Å². The van der Waals surface area contributed by atoms with E-state index in [2.05, 4.69) is 37.2 Å². The lowest BCUT2D eigenvalue weighted by Crippen LogP contribution is -2.38. The molecule has 1 aromatic carbocycles. The van der Waals surface area contributed by atoms with E-state index in [1.54, 1.807) is 18.3 Å². The number of carbonyl (C=O) groups is 1. The molecule has 1 fully saturated rings. The number of aromatic nitrogens is 1. The van der Waals surface area contributed by atoms with Gasteiger partial charge in [-0.3, -0.25) is 4.79 Å². The Bertz CT molecular complexity index is 918. The number of hydrogen-bond donors (Lipinski definition) is 1. The Morgan fingerprint density at radius 3 is 2.57 bits per heavy atom. The number of fused-ring (bicyclic) bond motifs is 1. The van der Waals surface area contributed by atoms with Gasteiger partial charge < -0.3 is 19.7 Å². The molecule has 8 heteroatoms. The van der Waals surface area contributed by atoms with E-state index in [4.69, 9.17) is 14.7 Å². The normalized spacial score (nSPS) is 16.4. The van der Waals surface area contributed by atoms with E-state index in [0.717, 1.165) is 36.2 Å². The standard InChI is InChI=1S/C20H19BrN4O3/c21-15-9-17-18(28-8-7-27-17)10-16(15)24-20(26)14-3-5-25(6-4-14)19-2-1-13(11-22)12-23-19/h1-2,9-10,12,14H,3-8H2,(H,24,26). The van der Waals surface area contributed by atoms with Crippen LogP contribution in [-0.4, -0.2) is 37.2 Å². The van der Waals surface area contributed by atoms with Gasteiger partial charge >= 0.3 is 0 Å². The number of nitrogens with zero attached hydrogens (tertiary/aromatic N) is 3. The van der Waals surface area contributed by atoms with Crippen molar-refractivity contribution in [2.24, 2.45) is 5.92 Å². The van der Waals surface area contributed by atoms with Crippen LogP contribution in [0.1, 0.15) is 18.4 Å². The summed E-state index contributed by atoms with van der Waals surface area (Å²) in [5.74, 6) is 2.11. The summed E-state index contributed by atoms with van der Waals surface area (Å²) in [6.07, 6.45) is 3.07. The molecule has 1 aromatic heterocycles. The molecule has 1 amide bonds. The van der Waals surface area contributed by atoms with Crippen LogP contribution < -0.4 is 19.7 Å². The van der Waals surface area contributed by atoms with Crippen molar-refractivity contribution in [2.75, 3.05) is 36.5 Å². The number of anilines is 2. The first-order valence-electron chi connectivity index (χ1n) is 9.15. The van der Waals surface area contributed by atoms with Crippen LogP contribution in [-0.2, 0) is 4.79 Å². The Labute approximate surface area is 171 Å². The van der Waals surface area contributed by atoms with Crippen molar-refractivity contribution in [1.82, 2.24) is 4.98 Å². The van der Waals surface area contributed by atoms with E-state index < -0.39 is 0 Å². The maximum Gasteiger partial charge on any atom is 0.227 e. The van der Waals surface area contributed by atoms with Crippen molar-refractivity contribution >= 4 is 33.3 Å². The van der Waals surface area contributed by atoms with Crippen molar-refractivity contribution in [2.45, 2.75) is 12.8 Å². The summed E-state index contributed by atoms with van der Waals surface area (Å²) < 4.78 is 11.9. The molecule has 0 atom stereocenters. The third-order valence-electron chi connectivity index (χ3n) is 4.96. The lowest BCUT2D eigenvalue weighted by molar-refractivity contribution is -0.120. The SMILES string of the molecule is N#Cc1ccc(N2CCC(C(=O)Nc3cc4c(cc3Br)OCCO4)CC2)nc1. The Kier molecular flexibility index (Phi) is 5.35. The molecule has 1 N–H and O–H groups in total. The molecule has 144 valence electrons. The number of rotatable bonds is 3. The monoisotopic (exact) mass is 442 g/mol. The molecule has 7 nitrogen and oxygen atoms in total. The average Bonchev–Trinajstić information content (AvgIpc) is 2.74. The molecule has 0 unspecified atom stereocenters. The van der Waals surface area contributed by atoms with E-state index >= 15 is 0 Å². The van der Waals surface area contributed by atoms with Crippen LogP contribution in [0.4, 0.5) is 11.5 Å². The number of halogens is 1. The molecule has 1 saturated heterocycles. The fraction of sp³-hybridized carbons (Fsp3) is 0.350. The number of amides is 1. The van der Waals surface area contributed by atoms with Gasteiger partial charge in [0, 0.05) is 41.8 Å². The number of hydrogen-bond acceptors (Lipinski definition) is 6. The highest BCUT2D eigenvalue weighted by Gasteiger charge is 2.26. The second-order valence-electron chi connectivity index (χ2n) is 6.74. The zero-order chi connectivity index (χ0) is 19.5. The van der Waals surface area contributed by atoms with Crippen LogP contribution in [0, 0.1) is 17.2 Å². The smallest absolute Gasteiger partial charge is 0.227 e. The Balaban J connectivity index is 1.37. The van der Waals surface area contributed by atoms with E-state index in [0.29, 0.717) is 36.0 Å². The van der Waals surface area contributed by atoms with Crippen LogP contribution in [0.25, 0.3) is 0 Å². The van der Waals surface area contributed by atoms with Crippen LogP contribution in [0.15, 0.2) is 34.9 Å². The highest BCUT2D eigenvalue weighted by molar-refractivity contribution is 9.10. The van der Waals surface area contributed by atoms with Crippen molar-refractivity contribution < 1.29 is 14.3 Å². The van der Waals surface area contributed by atoms with Gasteiger partial charge in [-0.1, -0.05) is 0 Å². The van der Waals surface area contributed by atoms with Crippen molar-refractivity contribution in [3.63, 3.8) is 0 Å². The first-order chi connectivity index (χ1) is 13.6. The lowest BCUT2D eigenvalue weighted by atomic mass is 9.95. The van der Waals surface area contributed by atoms with Gasteiger partial charge in [-0.2, -0.15) is 5.26 Å². The molecule has 0 radical (unpaired) electrons. The molecule has 28 heavy (non-hydrogen) atoms. The number of pyridine rings is 1. The molecular weight excluding hydrogens is 424 g/mol. The summed E-state index contributed by atoms with van der Waals surface area (Å²) in [6.45, 7) is 2.53. The first-order valence-corrected chi connectivity index (χ1v) is 9.94. The third-order valence-corrected chi connectivity index (χ3v) is 5.61. The third kappa shape index (κ3) is 3.90. The number of piperidine rings is 1. The van der Waals surface area contributed by atoms with Crippen LogP contribution in [0.5, 0.6) is 11.5 Å². The molecule has 2 aliphatic rings. The zero-order valence-electron chi connectivity index (χ0n) is 15.2. The Hall–Kier alpha value is -2.79. The van der Waals surface area contributed by atoms with Gasteiger partial charge in [0.05, 0.1) is 11.3 Å². The molecule has 4 rings (SSSR count). The van der Waals surface area contributed by atoms with Crippen LogP contribution in [0.3, 0.4) is 0 Å². The van der Waals surface area contributed by atoms with Crippen LogP contribution >= 0.6 is 15.9 Å². The minimum atomic E-state index is -0.0604. The molecule has 0 spiro atoms. The topological polar surface area (TPSA) is 87.5 Å². The molecule has 2 aliphatic heterocycles. The van der Waals surface area contributed by atoms with Gasteiger partial charge in [-0.25, -0.2) is 4.98 Å². The number of ether oxygens (including phenoxy) is 2. The molecule has 3 heterocycles. The van der Waals surface area contributed by atoms with Gasteiger partial charge in [0.15, 0.2) is 11.5 Å². The van der Waals surface area contributed by atoms with E-state index in [1.165, 1.54) is 0 Å². The van der Waals surface area contributed by atoms with Crippen molar-refractivity contribution in [1.29, 1.82) is 5.26 Å². The summed E-state index contributed by atoms with van der Waals surface area (Å²) in [5.41, 5.74) is 1.23. The molecule has 0 bridgehead atoms. The maximum absolute atomic E-state index is 12.7. The van der Waals surface area contributed by atoms with Crippen molar-refractivity contribution in [3.05, 3.63) is 40.5 Å². The minimum Gasteiger partial charge on any atom is -0.486 e. The van der Waals surface area contributed by atoms with E-state index in [9.17, 15) is 4.79 Å². The lowest BCUT2D eigenvalue weighted by Gasteiger charge is -2.32.